The number of aromatic nitrogens is 1. The Balaban J connectivity index is 0.00000128. The summed E-state index contributed by atoms with van der Waals surface area (Å²) in [5, 5.41) is 1.03. The summed E-state index contributed by atoms with van der Waals surface area (Å²) in [5.41, 5.74) is 1.47. The number of H-pyrrole nitrogens is 1. The molecule has 0 spiro atoms. The fourth-order valence-electron chi connectivity index (χ4n) is 1.42. The summed E-state index contributed by atoms with van der Waals surface area (Å²) in [4.78, 5) is 14.5. The number of hydrogen-bond acceptors (Lipinski definition) is 2. The number of benzene rings is 1. The third-order valence-electron chi connectivity index (χ3n) is 2.08. The second kappa shape index (κ2) is 5.70. The van der Waals surface area contributed by atoms with Crippen molar-refractivity contribution in [3.63, 3.8) is 0 Å². The maximum atomic E-state index is 11.4. The molecule has 0 aliphatic carbocycles. The van der Waals surface area contributed by atoms with Crippen LogP contribution >= 0.6 is 22.6 Å². The molecule has 0 aliphatic rings. The molecule has 86 valence electrons. The molecule has 0 fully saturated rings. The molecule has 0 radical (unpaired) electrons. The Bertz CT molecular complexity index is 510. The minimum absolute atomic E-state index is 0. The Morgan fingerprint density at radius 2 is 2.19 bits per heavy atom. The zero-order valence-corrected chi connectivity index (χ0v) is 11.8. The van der Waals surface area contributed by atoms with Crippen molar-refractivity contribution in [1.82, 2.24) is 4.98 Å². The van der Waals surface area contributed by atoms with Gasteiger partial charge in [-0.2, -0.15) is 0 Å². The molecule has 0 amide bonds. The molecule has 0 saturated carbocycles. The van der Waals surface area contributed by atoms with Gasteiger partial charge in [0.25, 0.3) is 0 Å². The van der Waals surface area contributed by atoms with Crippen molar-refractivity contribution in [1.29, 1.82) is 0 Å². The molecule has 1 heterocycles. The van der Waals surface area contributed by atoms with Gasteiger partial charge in [0, 0.05) is 31.5 Å². The van der Waals surface area contributed by atoms with E-state index >= 15 is 0 Å². The Morgan fingerprint density at radius 1 is 1.44 bits per heavy atom. The third-order valence-corrected chi connectivity index (χ3v) is 2.75. The van der Waals surface area contributed by atoms with Crippen LogP contribution < -0.4 is 0 Å². The van der Waals surface area contributed by atoms with E-state index in [1.165, 1.54) is 0 Å². The molecule has 5 heteroatoms. The minimum atomic E-state index is -0.302. The topological polar surface area (TPSA) is 42.1 Å². The molecule has 0 atom stereocenters. The summed E-state index contributed by atoms with van der Waals surface area (Å²) in [6, 6.07) is 7.80. The molecule has 0 unspecified atom stereocenters. The van der Waals surface area contributed by atoms with Gasteiger partial charge < -0.3 is 9.72 Å². The van der Waals surface area contributed by atoms with E-state index < -0.39 is 0 Å². The normalized spacial score (nSPS) is 9.88. The van der Waals surface area contributed by atoms with Crippen LogP contribution in [0.1, 0.15) is 17.4 Å². The van der Waals surface area contributed by atoms with Crippen LogP contribution in [0.15, 0.2) is 24.3 Å². The third kappa shape index (κ3) is 2.78. The first-order chi connectivity index (χ1) is 7.20. The predicted octanol–water partition coefficient (Wildman–Crippen LogP) is 2.95. The maximum Gasteiger partial charge on any atom is 0.354 e. The Labute approximate surface area is 118 Å². The predicted molar refractivity (Wildman–Crippen MR) is 67.0 cm³/mol. The monoisotopic (exact) mass is 371 g/mol. The van der Waals surface area contributed by atoms with Crippen LogP contribution in [-0.4, -0.2) is 17.6 Å². The average molecular weight is 371 g/mol. The first kappa shape index (κ1) is 13.5. The van der Waals surface area contributed by atoms with Crippen molar-refractivity contribution in [2.45, 2.75) is 6.92 Å². The molecule has 2 rings (SSSR count). The van der Waals surface area contributed by atoms with Crippen molar-refractivity contribution in [2.75, 3.05) is 6.61 Å². The number of aromatic amines is 1. The number of rotatable bonds is 2. The van der Waals surface area contributed by atoms with E-state index in [2.05, 4.69) is 27.6 Å². The van der Waals surface area contributed by atoms with Crippen LogP contribution in [0.3, 0.4) is 0 Å². The number of carbonyl (C=O) groups is 1. The second-order valence-corrected chi connectivity index (χ2v) is 4.38. The standard InChI is InChI=1S/C11H10INO2.Fe/c1-2-15-11(14)10-5-7-3-4-8(12)6-9(7)13-10;/h3-6,13H,2H2,1H3;. The molecule has 0 saturated heterocycles. The molecule has 1 N–H and O–H groups in total. The number of hydrogen-bond donors (Lipinski definition) is 1. The molecule has 0 bridgehead atoms. The van der Waals surface area contributed by atoms with Gasteiger partial charge in [0.05, 0.1) is 6.61 Å². The average Bonchev–Trinajstić information content (AvgIpc) is 2.60. The van der Waals surface area contributed by atoms with E-state index in [0.29, 0.717) is 12.3 Å². The smallest absolute Gasteiger partial charge is 0.354 e. The molecule has 3 nitrogen and oxygen atoms in total. The Kier molecular flexibility index (Phi) is 4.83. The number of fused-ring (bicyclic) bond motifs is 1. The maximum absolute atomic E-state index is 11.4. The molecule has 16 heavy (non-hydrogen) atoms. The summed E-state index contributed by atoms with van der Waals surface area (Å²) in [5.74, 6) is -0.302. The van der Waals surface area contributed by atoms with Gasteiger partial charge in [0.2, 0.25) is 0 Å². The Hall–Kier alpha value is -0.521. The van der Waals surface area contributed by atoms with Gasteiger partial charge in [0.1, 0.15) is 5.69 Å². The largest absolute Gasteiger partial charge is 0.461 e. The van der Waals surface area contributed by atoms with E-state index in [0.717, 1.165) is 14.5 Å². The van der Waals surface area contributed by atoms with Gasteiger partial charge >= 0.3 is 5.97 Å². The van der Waals surface area contributed by atoms with Crippen LogP contribution in [0.5, 0.6) is 0 Å². The van der Waals surface area contributed by atoms with Crippen LogP contribution in [0.2, 0.25) is 0 Å². The molecule has 1 aromatic carbocycles. The number of nitrogens with one attached hydrogen (secondary N) is 1. The van der Waals surface area contributed by atoms with Crippen LogP contribution in [0, 0.1) is 3.57 Å². The molecule has 2 aromatic rings. The fraction of sp³-hybridized carbons (Fsp3) is 0.182. The summed E-state index contributed by atoms with van der Waals surface area (Å²) >= 11 is 2.23. The van der Waals surface area contributed by atoms with E-state index in [1.807, 2.05) is 24.3 Å². The minimum Gasteiger partial charge on any atom is -0.461 e. The van der Waals surface area contributed by atoms with Gasteiger partial charge in [0.15, 0.2) is 0 Å². The fourth-order valence-corrected chi connectivity index (χ4v) is 1.91. The first-order valence-corrected chi connectivity index (χ1v) is 5.74. The van der Waals surface area contributed by atoms with Gasteiger partial charge in [-0.25, -0.2) is 4.79 Å². The van der Waals surface area contributed by atoms with E-state index in [9.17, 15) is 4.79 Å². The zero-order chi connectivity index (χ0) is 10.8. The van der Waals surface area contributed by atoms with E-state index in [4.69, 9.17) is 4.74 Å². The summed E-state index contributed by atoms with van der Waals surface area (Å²) in [6.45, 7) is 2.19. The van der Waals surface area contributed by atoms with E-state index in [-0.39, 0.29) is 23.0 Å². The second-order valence-electron chi connectivity index (χ2n) is 3.14. The summed E-state index contributed by atoms with van der Waals surface area (Å²) in [6.07, 6.45) is 0. The van der Waals surface area contributed by atoms with Gasteiger partial charge in [-0.15, -0.1) is 0 Å². The SMILES string of the molecule is CCOC(=O)c1cc2ccc(I)cc2[nH]1.[Fe]. The summed E-state index contributed by atoms with van der Waals surface area (Å²) in [7, 11) is 0. The van der Waals surface area contributed by atoms with Crippen molar-refractivity contribution in [3.8, 4) is 0 Å². The van der Waals surface area contributed by atoms with Crippen molar-refractivity contribution >= 4 is 39.5 Å². The Morgan fingerprint density at radius 3 is 2.88 bits per heavy atom. The van der Waals surface area contributed by atoms with Crippen LogP contribution in [-0.2, 0) is 21.8 Å². The molecule has 1 aromatic heterocycles. The molecular weight excluding hydrogens is 361 g/mol. The van der Waals surface area contributed by atoms with Crippen molar-refractivity contribution in [2.24, 2.45) is 0 Å². The zero-order valence-electron chi connectivity index (χ0n) is 8.56. The number of esters is 1. The van der Waals surface area contributed by atoms with Gasteiger partial charge in [-0.3, -0.25) is 0 Å². The quantitative estimate of drug-likeness (QED) is 0.501. The van der Waals surface area contributed by atoms with Crippen LogP contribution in [0.25, 0.3) is 10.9 Å². The summed E-state index contributed by atoms with van der Waals surface area (Å²) < 4.78 is 6.05. The molecule has 0 aliphatic heterocycles. The van der Waals surface area contributed by atoms with Crippen LogP contribution in [0.4, 0.5) is 0 Å². The van der Waals surface area contributed by atoms with E-state index in [1.54, 1.807) is 6.92 Å². The van der Waals surface area contributed by atoms with Crippen molar-refractivity contribution in [3.05, 3.63) is 33.5 Å². The van der Waals surface area contributed by atoms with Gasteiger partial charge in [-0.05, 0) is 47.7 Å². The van der Waals surface area contributed by atoms with Gasteiger partial charge in [-0.1, -0.05) is 6.07 Å². The van der Waals surface area contributed by atoms with Crippen molar-refractivity contribution < 1.29 is 26.6 Å². The number of halogens is 1. The number of ether oxygens (including phenoxy) is 1. The molecular formula is C11H10FeINO2. The first-order valence-electron chi connectivity index (χ1n) is 4.66. The number of carbonyl (C=O) groups excluding carboxylic acids is 1.